The fraction of sp³-hybridized carbons (Fsp3) is 0.278. The lowest BCUT2D eigenvalue weighted by Gasteiger charge is -2.17. The van der Waals surface area contributed by atoms with Crippen LogP contribution in [0.1, 0.15) is 16.7 Å². The predicted molar refractivity (Wildman–Crippen MR) is 81.6 cm³/mol. The molecule has 0 saturated carbocycles. The van der Waals surface area contributed by atoms with E-state index in [4.69, 9.17) is 10.5 Å². The standard InChI is InChI=1S/C18H19NO2/c19-17(16-10-14-8-4-5-9-15(14)11-16)18(20)21-12-13-6-2-1-3-7-13/h1-9,16-17H,10-12,19H2. The van der Waals surface area contributed by atoms with Crippen LogP contribution in [0.15, 0.2) is 54.6 Å². The molecule has 2 N–H and O–H groups in total. The minimum Gasteiger partial charge on any atom is -0.460 e. The molecule has 0 aliphatic heterocycles. The van der Waals surface area contributed by atoms with E-state index in [1.54, 1.807) is 0 Å². The molecule has 0 spiro atoms. The number of nitrogens with two attached hydrogens (primary N) is 1. The Bertz CT molecular complexity index is 599. The Hall–Kier alpha value is -2.13. The van der Waals surface area contributed by atoms with Gasteiger partial charge in [0.15, 0.2) is 0 Å². The highest BCUT2D eigenvalue weighted by Crippen LogP contribution is 2.28. The number of carbonyl (C=O) groups excluding carboxylic acids is 1. The van der Waals surface area contributed by atoms with Gasteiger partial charge in [-0.1, -0.05) is 54.6 Å². The number of benzene rings is 2. The fourth-order valence-electron chi connectivity index (χ4n) is 2.86. The van der Waals surface area contributed by atoms with Crippen molar-refractivity contribution in [1.82, 2.24) is 0 Å². The van der Waals surface area contributed by atoms with Crippen molar-refractivity contribution >= 4 is 5.97 Å². The summed E-state index contributed by atoms with van der Waals surface area (Å²) in [6.07, 6.45) is 1.72. The summed E-state index contributed by atoms with van der Waals surface area (Å²) in [5.41, 5.74) is 9.67. The van der Waals surface area contributed by atoms with Crippen molar-refractivity contribution < 1.29 is 9.53 Å². The Morgan fingerprint density at radius 1 is 1.05 bits per heavy atom. The molecular weight excluding hydrogens is 262 g/mol. The van der Waals surface area contributed by atoms with Crippen molar-refractivity contribution in [2.24, 2.45) is 11.7 Å². The third-order valence-electron chi connectivity index (χ3n) is 4.09. The average Bonchev–Trinajstić information content (AvgIpc) is 2.97. The zero-order valence-electron chi connectivity index (χ0n) is 11.9. The SMILES string of the molecule is NC(C(=O)OCc1ccccc1)C1Cc2ccccc2C1. The van der Waals surface area contributed by atoms with E-state index in [0.29, 0.717) is 0 Å². The van der Waals surface area contributed by atoms with Crippen LogP contribution < -0.4 is 5.73 Å². The van der Waals surface area contributed by atoms with Crippen molar-refractivity contribution in [3.63, 3.8) is 0 Å². The van der Waals surface area contributed by atoms with Crippen LogP contribution in [0.3, 0.4) is 0 Å². The molecule has 1 unspecified atom stereocenters. The summed E-state index contributed by atoms with van der Waals surface area (Å²) in [5.74, 6) is -0.165. The van der Waals surface area contributed by atoms with E-state index in [0.717, 1.165) is 18.4 Å². The van der Waals surface area contributed by atoms with Crippen LogP contribution in [0.4, 0.5) is 0 Å². The first kappa shape index (κ1) is 13.8. The summed E-state index contributed by atoms with van der Waals surface area (Å²) in [6.45, 7) is 0.285. The zero-order valence-corrected chi connectivity index (χ0v) is 11.9. The third kappa shape index (κ3) is 3.14. The Kier molecular flexibility index (Phi) is 4.02. The van der Waals surface area contributed by atoms with Gasteiger partial charge in [0, 0.05) is 0 Å². The van der Waals surface area contributed by atoms with E-state index in [2.05, 4.69) is 12.1 Å². The van der Waals surface area contributed by atoms with Crippen LogP contribution in [0, 0.1) is 5.92 Å². The highest BCUT2D eigenvalue weighted by Gasteiger charge is 2.31. The largest absolute Gasteiger partial charge is 0.460 e. The van der Waals surface area contributed by atoms with Crippen molar-refractivity contribution in [2.45, 2.75) is 25.5 Å². The minimum absolute atomic E-state index is 0.144. The number of rotatable bonds is 4. The van der Waals surface area contributed by atoms with Gasteiger partial charge in [-0.2, -0.15) is 0 Å². The summed E-state index contributed by atoms with van der Waals surface area (Å²) in [6, 6.07) is 17.4. The summed E-state index contributed by atoms with van der Waals surface area (Å²) in [5, 5.41) is 0. The van der Waals surface area contributed by atoms with Crippen molar-refractivity contribution in [2.75, 3.05) is 0 Å². The van der Waals surface area contributed by atoms with Gasteiger partial charge in [-0.25, -0.2) is 0 Å². The second kappa shape index (κ2) is 6.10. The molecule has 3 nitrogen and oxygen atoms in total. The lowest BCUT2D eigenvalue weighted by Crippen LogP contribution is -2.39. The maximum Gasteiger partial charge on any atom is 0.323 e. The van der Waals surface area contributed by atoms with E-state index in [1.165, 1.54) is 11.1 Å². The van der Waals surface area contributed by atoms with Crippen LogP contribution in [-0.4, -0.2) is 12.0 Å². The first-order valence-electron chi connectivity index (χ1n) is 7.27. The van der Waals surface area contributed by atoms with Gasteiger partial charge in [-0.05, 0) is 35.4 Å². The Morgan fingerprint density at radius 2 is 1.62 bits per heavy atom. The van der Waals surface area contributed by atoms with Crippen molar-refractivity contribution in [3.05, 3.63) is 71.3 Å². The second-order valence-electron chi connectivity index (χ2n) is 5.56. The molecule has 1 atom stereocenters. The lowest BCUT2D eigenvalue weighted by molar-refractivity contribution is -0.147. The molecule has 0 saturated heterocycles. The molecule has 0 amide bonds. The van der Waals surface area contributed by atoms with Gasteiger partial charge < -0.3 is 10.5 Å². The highest BCUT2D eigenvalue weighted by atomic mass is 16.5. The van der Waals surface area contributed by atoms with Crippen LogP contribution >= 0.6 is 0 Å². The topological polar surface area (TPSA) is 52.3 Å². The molecule has 0 fully saturated rings. The quantitative estimate of drug-likeness (QED) is 0.876. The van der Waals surface area contributed by atoms with Crippen LogP contribution in [-0.2, 0) is 29.0 Å². The monoisotopic (exact) mass is 281 g/mol. The third-order valence-corrected chi connectivity index (χ3v) is 4.09. The number of fused-ring (bicyclic) bond motifs is 1. The maximum atomic E-state index is 12.1. The van der Waals surface area contributed by atoms with Crippen molar-refractivity contribution in [3.8, 4) is 0 Å². The molecule has 3 heteroatoms. The van der Waals surface area contributed by atoms with Crippen LogP contribution in [0.5, 0.6) is 0 Å². The van der Waals surface area contributed by atoms with E-state index in [1.807, 2.05) is 42.5 Å². The molecule has 0 radical (unpaired) electrons. The van der Waals surface area contributed by atoms with Gasteiger partial charge in [0.2, 0.25) is 0 Å². The number of hydrogen-bond acceptors (Lipinski definition) is 3. The molecule has 2 aromatic carbocycles. The molecular formula is C18H19NO2. The summed E-state index contributed by atoms with van der Waals surface area (Å²) in [4.78, 5) is 12.1. The van der Waals surface area contributed by atoms with Gasteiger partial charge in [0.1, 0.15) is 12.6 Å². The normalized spacial score (nSPS) is 15.5. The van der Waals surface area contributed by atoms with E-state index in [9.17, 15) is 4.79 Å². The number of carbonyl (C=O) groups is 1. The summed E-state index contributed by atoms with van der Waals surface area (Å²) >= 11 is 0. The maximum absolute atomic E-state index is 12.1. The smallest absolute Gasteiger partial charge is 0.323 e. The first-order chi connectivity index (χ1) is 10.2. The fourth-order valence-corrected chi connectivity index (χ4v) is 2.86. The summed E-state index contributed by atoms with van der Waals surface area (Å²) in [7, 11) is 0. The van der Waals surface area contributed by atoms with Crippen LogP contribution in [0.2, 0.25) is 0 Å². The van der Waals surface area contributed by atoms with E-state index >= 15 is 0 Å². The molecule has 21 heavy (non-hydrogen) atoms. The van der Waals surface area contributed by atoms with E-state index in [-0.39, 0.29) is 18.5 Å². The van der Waals surface area contributed by atoms with Crippen molar-refractivity contribution in [1.29, 1.82) is 0 Å². The second-order valence-corrected chi connectivity index (χ2v) is 5.56. The Labute approximate surface area is 124 Å². The van der Waals surface area contributed by atoms with Gasteiger partial charge in [-0.3, -0.25) is 4.79 Å². The van der Waals surface area contributed by atoms with Gasteiger partial charge in [0.25, 0.3) is 0 Å². The molecule has 0 heterocycles. The molecule has 0 bridgehead atoms. The molecule has 0 aromatic heterocycles. The van der Waals surface area contributed by atoms with Crippen LogP contribution in [0.25, 0.3) is 0 Å². The molecule has 2 aromatic rings. The molecule has 108 valence electrons. The van der Waals surface area contributed by atoms with Gasteiger partial charge in [-0.15, -0.1) is 0 Å². The average molecular weight is 281 g/mol. The molecule has 3 rings (SSSR count). The number of esters is 1. The zero-order chi connectivity index (χ0) is 14.7. The van der Waals surface area contributed by atoms with E-state index < -0.39 is 6.04 Å². The minimum atomic E-state index is -0.555. The molecule has 1 aliphatic carbocycles. The Morgan fingerprint density at radius 3 is 2.24 bits per heavy atom. The van der Waals surface area contributed by atoms with Gasteiger partial charge >= 0.3 is 5.97 Å². The number of hydrogen-bond donors (Lipinski definition) is 1. The summed E-state index contributed by atoms with van der Waals surface area (Å²) < 4.78 is 5.34. The first-order valence-corrected chi connectivity index (χ1v) is 7.27. The highest BCUT2D eigenvalue weighted by molar-refractivity contribution is 5.76. The molecule has 1 aliphatic rings. The lowest BCUT2D eigenvalue weighted by atomic mass is 9.97. The predicted octanol–water partition coefficient (Wildman–Crippen LogP) is 2.47. The number of ether oxygens (including phenoxy) is 1. The Balaban J connectivity index is 1.56. The van der Waals surface area contributed by atoms with Gasteiger partial charge in [0.05, 0.1) is 0 Å².